The Balaban J connectivity index is 2.95. The molecule has 3 N–H and O–H groups in total. The fourth-order valence-corrected chi connectivity index (χ4v) is 1.94. The van der Waals surface area contributed by atoms with Gasteiger partial charge in [0.15, 0.2) is 0 Å². The summed E-state index contributed by atoms with van der Waals surface area (Å²) >= 11 is 0. The van der Waals surface area contributed by atoms with Crippen molar-refractivity contribution in [2.75, 3.05) is 19.5 Å². The van der Waals surface area contributed by atoms with Crippen molar-refractivity contribution in [1.82, 2.24) is 5.32 Å². The van der Waals surface area contributed by atoms with Crippen molar-refractivity contribution in [1.29, 1.82) is 0 Å². The fourth-order valence-electron chi connectivity index (χ4n) is 1.94. The van der Waals surface area contributed by atoms with E-state index in [0.717, 1.165) is 24.6 Å². The quantitative estimate of drug-likeness (QED) is 0.794. The third-order valence-corrected chi connectivity index (χ3v) is 2.97. The zero-order valence-electron chi connectivity index (χ0n) is 12.0. The SMILES string of the molecule is CCCC(COC)NC(=O)c1cc(C(F)(F)F)ccc1N. The summed E-state index contributed by atoms with van der Waals surface area (Å²) in [7, 11) is 1.49. The van der Waals surface area contributed by atoms with Gasteiger partial charge in [0.05, 0.1) is 23.8 Å². The molecular formula is C14H19F3N2O2. The van der Waals surface area contributed by atoms with Crippen molar-refractivity contribution in [2.24, 2.45) is 0 Å². The van der Waals surface area contributed by atoms with Crippen LogP contribution in [0.1, 0.15) is 35.7 Å². The Hall–Kier alpha value is -1.76. The topological polar surface area (TPSA) is 64.3 Å². The number of carbonyl (C=O) groups excluding carboxylic acids is 1. The van der Waals surface area contributed by atoms with E-state index >= 15 is 0 Å². The zero-order chi connectivity index (χ0) is 16.0. The molecule has 1 unspecified atom stereocenters. The van der Waals surface area contributed by atoms with Gasteiger partial charge in [-0.25, -0.2) is 0 Å². The van der Waals surface area contributed by atoms with E-state index in [1.807, 2.05) is 6.92 Å². The number of nitrogens with two attached hydrogens (primary N) is 1. The van der Waals surface area contributed by atoms with Gasteiger partial charge in [-0.2, -0.15) is 13.2 Å². The molecule has 0 bridgehead atoms. The number of amides is 1. The van der Waals surface area contributed by atoms with Crippen LogP contribution in [-0.2, 0) is 10.9 Å². The molecule has 0 saturated heterocycles. The number of hydrogen-bond acceptors (Lipinski definition) is 3. The van der Waals surface area contributed by atoms with Gasteiger partial charge >= 0.3 is 6.18 Å². The van der Waals surface area contributed by atoms with E-state index in [2.05, 4.69) is 5.32 Å². The van der Waals surface area contributed by atoms with Crippen molar-refractivity contribution in [3.63, 3.8) is 0 Å². The van der Waals surface area contributed by atoms with Crippen LogP contribution in [-0.4, -0.2) is 25.7 Å². The first-order valence-electron chi connectivity index (χ1n) is 6.56. The molecule has 0 saturated carbocycles. The molecule has 0 radical (unpaired) electrons. The first-order valence-corrected chi connectivity index (χ1v) is 6.56. The number of benzene rings is 1. The number of hydrogen-bond donors (Lipinski definition) is 2. The fraction of sp³-hybridized carbons (Fsp3) is 0.500. The van der Waals surface area contributed by atoms with Crippen LogP contribution >= 0.6 is 0 Å². The summed E-state index contributed by atoms with van der Waals surface area (Å²) in [6.07, 6.45) is -3.04. The summed E-state index contributed by atoms with van der Waals surface area (Å²) in [4.78, 5) is 12.1. The molecule has 1 aromatic carbocycles. The largest absolute Gasteiger partial charge is 0.416 e. The maximum Gasteiger partial charge on any atom is 0.416 e. The average Bonchev–Trinajstić information content (AvgIpc) is 2.38. The van der Waals surface area contributed by atoms with Crippen molar-refractivity contribution in [3.05, 3.63) is 29.3 Å². The van der Waals surface area contributed by atoms with Gasteiger partial charge in [-0.1, -0.05) is 13.3 Å². The van der Waals surface area contributed by atoms with E-state index in [4.69, 9.17) is 10.5 Å². The summed E-state index contributed by atoms with van der Waals surface area (Å²) in [5.41, 5.74) is 4.52. The van der Waals surface area contributed by atoms with Crippen LogP contribution in [0.4, 0.5) is 18.9 Å². The lowest BCUT2D eigenvalue weighted by molar-refractivity contribution is -0.137. The Labute approximate surface area is 121 Å². The number of anilines is 1. The molecule has 1 atom stereocenters. The second-order valence-corrected chi connectivity index (χ2v) is 4.71. The van der Waals surface area contributed by atoms with E-state index in [0.29, 0.717) is 13.0 Å². The second-order valence-electron chi connectivity index (χ2n) is 4.71. The first kappa shape index (κ1) is 17.3. The highest BCUT2D eigenvalue weighted by Crippen LogP contribution is 2.31. The highest BCUT2D eigenvalue weighted by Gasteiger charge is 2.31. The smallest absolute Gasteiger partial charge is 0.398 e. The number of nitrogen functional groups attached to an aromatic ring is 1. The van der Waals surface area contributed by atoms with Crippen LogP contribution in [0.2, 0.25) is 0 Å². The molecule has 21 heavy (non-hydrogen) atoms. The van der Waals surface area contributed by atoms with E-state index in [1.54, 1.807) is 0 Å². The Morgan fingerprint density at radius 1 is 1.43 bits per heavy atom. The summed E-state index contributed by atoms with van der Waals surface area (Å²) in [6, 6.07) is 2.44. The maximum atomic E-state index is 12.7. The highest BCUT2D eigenvalue weighted by molar-refractivity contribution is 5.99. The third kappa shape index (κ3) is 4.93. The minimum absolute atomic E-state index is 0.00756. The Morgan fingerprint density at radius 2 is 2.10 bits per heavy atom. The number of alkyl halides is 3. The summed E-state index contributed by atoms with van der Waals surface area (Å²) in [5.74, 6) is -0.630. The van der Waals surface area contributed by atoms with E-state index in [1.165, 1.54) is 7.11 Å². The van der Waals surface area contributed by atoms with Crippen LogP contribution in [0.5, 0.6) is 0 Å². The number of nitrogens with one attached hydrogen (secondary N) is 1. The molecule has 0 aromatic heterocycles. The molecule has 0 aliphatic rings. The molecule has 0 aliphatic carbocycles. The molecule has 7 heteroatoms. The van der Waals surface area contributed by atoms with E-state index < -0.39 is 17.6 Å². The zero-order valence-corrected chi connectivity index (χ0v) is 12.0. The third-order valence-electron chi connectivity index (χ3n) is 2.97. The molecule has 4 nitrogen and oxygen atoms in total. The van der Waals surface area contributed by atoms with Gasteiger partial charge in [0.25, 0.3) is 5.91 Å². The van der Waals surface area contributed by atoms with Crippen LogP contribution in [0.25, 0.3) is 0 Å². The Kier molecular flexibility index (Phi) is 6.02. The molecule has 0 aliphatic heterocycles. The van der Waals surface area contributed by atoms with Crippen LogP contribution in [0, 0.1) is 0 Å². The van der Waals surface area contributed by atoms with Crippen LogP contribution < -0.4 is 11.1 Å². The normalized spacial score (nSPS) is 13.0. The predicted molar refractivity (Wildman–Crippen MR) is 73.9 cm³/mol. The van der Waals surface area contributed by atoms with Crippen molar-refractivity contribution in [2.45, 2.75) is 32.0 Å². The highest BCUT2D eigenvalue weighted by atomic mass is 19.4. The van der Waals surface area contributed by atoms with Crippen molar-refractivity contribution < 1.29 is 22.7 Å². The molecular weight excluding hydrogens is 285 g/mol. The van der Waals surface area contributed by atoms with Gasteiger partial charge in [0, 0.05) is 12.8 Å². The molecule has 0 spiro atoms. The number of methoxy groups -OCH3 is 1. The molecule has 1 rings (SSSR count). The number of halogens is 3. The lowest BCUT2D eigenvalue weighted by atomic mass is 10.1. The molecule has 0 heterocycles. The number of carbonyl (C=O) groups is 1. The van der Waals surface area contributed by atoms with Gasteiger partial charge in [-0.3, -0.25) is 4.79 Å². The van der Waals surface area contributed by atoms with Gasteiger partial charge in [-0.15, -0.1) is 0 Å². The lowest BCUT2D eigenvalue weighted by Crippen LogP contribution is -2.38. The number of ether oxygens (including phenoxy) is 1. The van der Waals surface area contributed by atoms with Crippen LogP contribution in [0.3, 0.4) is 0 Å². The van der Waals surface area contributed by atoms with Gasteiger partial charge < -0.3 is 15.8 Å². The van der Waals surface area contributed by atoms with Crippen molar-refractivity contribution >= 4 is 11.6 Å². The molecule has 0 fully saturated rings. The van der Waals surface area contributed by atoms with Gasteiger partial charge in [0.1, 0.15) is 0 Å². The summed E-state index contributed by atoms with van der Waals surface area (Å²) in [5, 5.41) is 2.64. The van der Waals surface area contributed by atoms with Gasteiger partial charge in [-0.05, 0) is 24.6 Å². The standard InChI is InChI=1S/C14H19F3N2O2/c1-3-4-10(8-21-2)19-13(20)11-7-9(14(15,16)17)5-6-12(11)18/h5-7,10H,3-4,8,18H2,1-2H3,(H,19,20). The average molecular weight is 304 g/mol. The molecule has 1 amide bonds. The Morgan fingerprint density at radius 3 is 2.62 bits per heavy atom. The van der Waals surface area contributed by atoms with E-state index in [9.17, 15) is 18.0 Å². The van der Waals surface area contributed by atoms with Gasteiger partial charge in [0.2, 0.25) is 0 Å². The predicted octanol–water partition coefficient (Wildman–Crippen LogP) is 2.83. The minimum atomic E-state index is -4.52. The first-order chi connectivity index (χ1) is 9.79. The minimum Gasteiger partial charge on any atom is -0.398 e. The Bertz CT molecular complexity index is 484. The maximum absolute atomic E-state index is 12.7. The second kappa shape index (κ2) is 7.31. The summed E-state index contributed by atoms with van der Waals surface area (Å²) < 4.78 is 43.0. The van der Waals surface area contributed by atoms with E-state index in [-0.39, 0.29) is 17.3 Å². The lowest BCUT2D eigenvalue weighted by Gasteiger charge is -2.18. The van der Waals surface area contributed by atoms with Crippen molar-refractivity contribution in [3.8, 4) is 0 Å². The number of rotatable bonds is 6. The molecule has 118 valence electrons. The monoisotopic (exact) mass is 304 g/mol. The summed E-state index contributed by atoms with van der Waals surface area (Å²) in [6.45, 7) is 2.23. The molecule has 1 aromatic rings. The van der Waals surface area contributed by atoms with Crippen LogP contribution in [0.15, 0.2) is 18.2 Å².